The third-order valence-electron chi connectivity index (χ3n) is 3.42. The first-order valence-corrected chi connectivity index (χ1v) is 6.21. The van der Waals surface area contributed by atoms with Crippen molar-refractivity contribution >= 4 is 24.3 Å². The minimum Gasteiger partial charge on any atom is -0.222 e. The summed E-state index contributed by atoms with van der Waals surface area (Å²) in [6.07, 6.45) is 9.08. The number of carbonyl (C=O) groups excluding carboxylic acids is 4. The first kappa shape index (κ1) is 20.8. The summed E-state index contributed by atoms with van der Waals surface area (Å²) in [4.78, 5) is 44.3. The maximum Gasteiger partial charge on any atom is 0.234 e. The SMILES string of the molecule is CC1(CN=C=O)CCCCC1CN=C=O.N=C=O.N=C=O. The molecule has 0 bridgehead atoms. The molecule has 2 unspecified atom stereocenters. The molecule has 1 aliphatic carbocycles. The largest absolute Gasteiger partial charge is 0.234 e. The molecule has 0 aromatic heterocycles. The second-order valence-corrected chi connectivity index (χ2v) is 4.64. The van der Waals surface area contributed by atoms with Gasteiger partial charge in [-0.3, -0.25) is 0 Å². The second kappa shape index (κ2) is 13.9. The van der Waals surface area contributed by atoms with Crippen LogP contribution >= 0.6 is 0 Å². The Morgan fingerprint density at radius 2 is 1.57 bits per heavy atom. The van der Waals surface area contributed by atoms with Crippen molar-refractivity contribution in [3.05, 3.63) is 0 Å². The van der Waals surface area contributed by atoms with Gasteiger partial charge in [0.15, 0.2) is 0 Å². The molecule has 8 heteroatoms. The van der Waals surface area contributed by atoms with Gasteiger partial charge in [-0.05, 0) is 24.2 Å². The van der Waals surface area contributed by atoms with Crippen LogP contribution in [0.4, 0.5) is 0 Å². The summed E-state index contributed by atoms with van der Waals surface area (Å²) in [5, 5.41) is 10.8. The van der Waals surface area contributed by atoms with Crippen LogP contribution in [0.25, 0.3) is 0 Å². The van der Waals surface area contributed by atoms with Gasteiger partial charge < -0.3 is 0 Å². The lowest BCUT2D eigenvalue weighted by Gasteiger charge is -2.39. The highest BCUT2D eigenvalue weighted by Crippen LogP contribution is 2.41. The highest BCUT2D eigenvalue weighted by Gasteiger charge is 2.36. The van der Waals surface area contributed by atoms with E-state index in [2.05, 4.69) is 16.9 Å². The predicted molar refractivity (Wildman–Crippen MR) is 72.9 cm³/mol. The summed E-state index contributed by atoms with van der Waals surface area (Å²) in [6, 6.07) is 0. The maximum absolute atomic E-state index is 10.1. The summed E-state index contributed by atoms with van der Waals surface area (Å²) in [6.45, 7) is 3.11. The zero-order valence-electron chi connectivity index (χ0n) is 11.8. The van der Waals surface area contributed by atoms with Gasteiger partial charge in [-0.1, -0.05) is 19.8 Å². The molecule has 1 fully saturated rings. The van der Waals surface area contributed by atoms with E-state index in [1.807, 2.05) is 0 Å². The van der Waals surface area contributed by atoms with Gasteiger partial charge in [0.2, 0.25) is 24.3 Å². The Hall–Kier alpha value is -2.48. The normalized spacial score (nSPS) is 22.2. The standard InChI is InChI=1S/C11H16N2O2.2CHNO/c1-11(7-13-9-15)5-3-2-4-10(11)6-12-8-14;2*2-1-3/h10H,2-7H2,1H3;2*2H. The van der Waals surface area contributed by atoms with Gasteiger partial charge in [-0.25, -0.2) is 40.0 Å². The van der Waals surface area contributed by atoms with Crippen LogP contribution in [0.5, 0.6) is 0 Å². The van der Waals surface area contributed by atoms with Crippen LogP contribution in [-0.2, 0) is 19.2 Å². The summed E-state index contributed by atoms with van der Waals surface area (Å²) < 4.78 is 0. The van der Waals surface area contributed by atoms with Crippen molar-refractivity contribution in [1.82, 2.24) is 0 Å². The van der Waals surface area contributed by atoms with E-state index in [-0.39, 0.29) is 5.41 Å². The molecule has 0 amide bonds. The zero-order chi connectivity index (χ0) is 16.6. The molecule has 0 saturated heterocycles. The fraction of sp³-hybridized carbons (Fsp3) is 0.692. The van der Waals surface area contributed by atoms with Gasteiger partial charge in [-0.15, -0.1) is 0 Å². The van der Waals surface area contributed by atoms with Crippen molar-refractivity contribution in [3.63, 3.8) is 0 Å². The Bertz CT molecular complexity index is 443. The maximum atomic E-state index is 10.1. The zero-order valence-corrected chi connectivity index (χ0v) is 11.8. The van der Waals surface area contributed by atoms with Gasteiger partial charge in [0.25, 0.3) is 0 Å². The summed E-state index contributed by atoms with van der Waals surface area (Å²) in [7, 11) is 0. The number of rotatable bonds is 4. The molecular weight excluding hydrogens is 276 g/mol. The lowest BCUT2D eigenvalue weighted by atomic mass is 9.67. The molecule has 0 radical (unpaired) electrons. The average molecular weight is 294 g/mol. The predicted octanol–water partition coefficient (Wildman–Crippen LogP) is 1.66. The van der Waals surface area contributed by atoms with Crippen molar-refractivity contribution in [3.8, 4) is 0 Å². The van der Waals surface area contributed by atoms with E-state index in [4.69, 9.17) is 20.4 Å². The molecule has 21 heavy (non-hydrogen) atoms. The molecule has 0 spiro atoms. The van der Waals surface area contributed by atoms with E-state index in [0.29, 0.717) is 19.0 Å². The monoisotopic (exact) mass is 294 g/mol. The van der Waals surface area contributed by atoms with Gasteiger partial charge in [0.05, 0.1) is 13.1 Å². The molecule has 2 N–H and O–H groups in total. The molecule has 8 nitrogen and oxygen atoms in total. The van der Waals surface area contributed by atoms with Gasteiger partial charge in [-0.2, -0.15) is 0 Å². The molecule has 1 rings (SSSR count). The Morgan fingerprint density at radius 3 is 2.05 bits per heavy atom. The average Bonchev–Trinajstić information content (AvgIpc) is 2.46. The van der Waals surface area contributed by atoms with Crippen LogP contribution in [0.15, 0.2) is 9.98 Å². The highest BCUT2D eigenvalue weighted by atomic mass is 16.1. The molecule has 0 heterocycles. The quantitative estimate of drug-likeness (QED) is 0.600. The van der Waals surface area contributed by atoms with E-state index in [1.165, 1.54) is 6.42 Å². The summed E-state index contributed by atoms with van der Waals surface area (Å²) in [5.74, 6) is 0.338. The van der Waals surface area contributed by atoms with Gasteiger partial charge >= 0.3 is 0 Å². The molecule has 1 aliphatic rings. The lowest BCUT2D eigenvalue weighted by Crippen LogP contribution is -2.35. The topological polar surface area (TPSA) is 141 Å². The first-order chi connectivity index (χ1) is 10.1. The van der Waals surface area contributed by atoms with Crippen LogP contribution in [0.2, 0.25) is 0 Å². The van der Waals surface area contributed by atoms with E-state index in [1.54, 1.807) is 12.2 Å². The molecule has 2 atom stereocenters. The minimum atomic E-state index is -0.00396. The number of isocyanates is 4. The van der Waals surface area contributed by atoms with Crippen LogP contribution in [0.3, 0.4) is 0 Å². The summed E-state index contributed by atoms with van der Waals surface area (Å²) >= 11 is 0. The minimum absolute atomic E-state index is 0.00396. The van der Waals surface area contributed by atoms with Gasteiger partial charge in [0, 0.05) is 0 Å². The third-order valence-corrected chi connectivity index (χ3v) is 3.42. The van der Waals surface area contributed by atoms with Crippen molar-refractivity contribution in [1.29, 1.82) is 10.8 Å². The van der Waals surface area contributed by atoms with E-state index in [0.717, 1.165) is 31.4 Å². The molecule has 0 aliphatic heterocycles. The number of hydrogen-bond acceptors (Lipinski definition) is 8. The van der Waals surface area contributed by atoms with Crippen LogP contribution < -0.4 is 0 Å². The number of aliphatic imine (C=N–C) groups is 2. The number of hydrogen-bond donors (Lipinski definition) is 2. The number of nitrogens with zero attached hydrogens (tertiary/aromatic N) is 2. The Kier molecular flexibility index (Phi) is 13.8. The van der Waals surface area contributed by atoms with Gasteiger partial charge in [0.1, 0.15) is 0 Å². The highest BCUT2D eigenvalue weighted by molar-refractivity contribution is 5.33. The first-order valence-electron chi connectivity index (χ1n) is 6.21. The smallest absolute Gasteiger partial charge is 0.222 e. The fourth-order valence-corrected chi connectivity index (χ4v) is 2.35. The van der Waals surface area contributed by atoms with Crippen molar-refractivity contribution in [2.45, 2.75) is 32.6 Å². The van der Waals surface area contributed by atoms with Crippen molar-refractivity contribution in [2.24, 2.45) is 21.3 Å². The number of nitrogens with one attached hydrogen (secondary N) is 2. The van der Waals surface area contributed by atoms with Crippen LogP contribution in [-0.4, -0.2) is 37.4 Å². The van der Waals surface area contributed by atoms with E-state index >= 15 is 0 Å². The Morgan fingerprint density at radius 1 is 1.05 bits per heavy atom. The summed E-state index contributed by atoms with van der Waals surface area (Å²) in [5.41, 5.74) is -0.00396. The van der Waals surface area contributed by atoms with E-state index < -0.39 is 0 Å². The molecule has 0 aromatic rings. The van der Waals surface area contributed by atoms with Crippen LogP contribution in [0, 0.1) is 22.2 Å². The Labute approximate surface area is 122 Å². The molecule has 114 valence electrons. The van der Waals surface area contributed by atoms with Crippen LogP contribution in [0.1, 0.15) is 32.6 Å². The molecular formula is C13H18N4O4. The molecule has 1 saturated carbocycles. The lowest BCUT2D eigenvalue weighted by molar-refractivity contribution is 0.132. The molecule has 0 aromatic carbocycles. The second-order valence-electron chi connectivity index (χ2n) is 4.64. The van der Waals surface area contributed by atoms with Crippen molar-refractivity contribution in [2.75, 3.05) is 13.1 Å². The van der Waals surface area contributed by atoms with Crippen molar-refractivity contribution < 1.29 is 19.2 Å². The van der Waals surface area contributed by atoms with E-state index in [9.17, 15) is 9.59 Å². The Balaban J connectivity index is 0. The fourth-order valence-electron chi connectivity index (χ4n) is 2.35. The third kappa shape index (κ3) is 10.0.